The summed E-state index contributed by atoms with van der Waals surface area (Å²) in [5.74, 6) is -0.791. The molecular formula is C32H39F2O6S2+. The quantitative estimate of drug-likeness (QED) is 0.205. The fourth-order valence-electron chi connectivity index (χ4n) is 4.67. The Balaban J connectivity index is 1.72. The lowest BCUT2D eigenvalue weighted by Gasteiger charge is -2.32. The van der Waals surface area contributed by atoms with Gasteiger partial charge in [-0.05, 0) is 92.6 Å². The van der Waals surface area contributed by atoms with E-state index in [1.54, 1.807) is 12.1 Å². The Bertz CT molecular complexity index is 1440. The number of hydrogen-bond acceptors (Lipinski definition) is 5. The molecule has 1 aliphatic rings. The predicted molar refractivity (Wildman–Crippen MR) is 160 cm³/mol. The standard InChI is InChI=1S/C32H38F2O6S2/c1-23(32(33,34)42(35,36)37)40-26-10-9-11-29(22-26)41(27-16-12-24(13-17-27)30(2,3)4)28-18-14-25(15-19-28)31(5)38-20-7-6-8-21-39-31/h9-19,22-23H,6-8,20-21H2,1-5H3/p+1. The molecule has 1 N–H and O–H groups in total. The minimum Gasteiger partial charge on any atom is -0.483 e. The average molecular weight is 622 g/mol. The molecule has 0 spiro atoms. The third kappa shape index (κ3) is 7.34. The van der Waals surface area contributed by atoms with Crippen molar-refractivity contribution in [1.82, 2.24) is 0 Å². The van der Waals surface area contributed by atoms with Crippen LogP contribution in [0.15, 0.2) is 87.5 Å². The first-order valence-corrected chi connectivity index (χ1v) is 16.6. The molecule has 2 unspecified atom stereocenters. The molecule has 0 aliphatic carbocycles. The van der Waals surface area contributed by atoms with Gasteiger partial charge in [0, 0.05) is 11.6 Å². The number of hydrogen-bond donors (Lipinski definition) is 1. The summed E-state index contributed by atoms with van der Waals surface area (Å²) in [6.07, 6.45) is 0.927. The smallest absolute Gasteiger partial charge is 0.405 e. The zero-order valence-electron chi connectivity index (χ0n) is 24.6. The van der Waals surface area contributed by atoms with Crippen LogP contribution < -0.4 is 4.74 Å². The third-order valence-electron chi connectivity index (χ3n) is 7.29. The molecule has 3 aromatic rings. The Morgan fingerprint density at radius 2 is 1.43 bits per heavy atom. The van der Waals surface area contributed by atoms with Crippen molar-refractivity contribution in [1.29, 1.82) is 0 Å². The maximum atomic E-state index is 14.2. The van der Waals surface area contributed by atoms with Gasteiger partial charge in [-0.1, -0.05) is 39.0 Å². The van der Waals surface area contributed by atoms with Crippen LogP contribution in [0.2, 0.25) is 0 Å². The van der Waals surface area contributed by atoms with E-state index < -0.39 is 38.2 Å². The number of alkyl halides is 2. The summed E-state index contributed by atoms with van der Waals surface area (Å²) in [5.41, 5.74) is 2.04. The molecule has 2 atom stereocenters. The fraction of sp³-hybridized carbons (Fsp3) is 0.438. The van der Waals surface area contributed by atoms with Crippen molar-refractivity contribution < 1.29 is 36.0 Å². The Morgan fingerprint density at radius 1 is 0.881 bits per heavy atom. The second-order valence-corrected chi connectivity index (χ2v) is 15.1. The summed E-state index contributed by atoms with van der Waals surface area (Å²) in [7, 11) is -6.31. The van der Waals surface area contributed by atoms with Gasteiger partial charge in [0.25, 0.3) is 0 Å². The van der Waals surface area contributed by atoms with E-state index in [-0.39, 0.29) is 11.2 Å². The normalized spacial score (nSPS) is 18.0. The largest absolute Gasteiger partial charge is 0.483 e. The van der Waals surface area contributed by atoms with E-state index in [0.717, 1.165) is 46.4 Å². The van der Waals surface area contributed by atoms with Gasteiger partial charge in [-0.2, -0.15) is 17.2 Å². The van der Waals surface area contributed by atoms with Gasteiger partial charge in [-0.15, -0.1) is 0 Å². The van der Waals surface area contributed by atoms with E-state index in [9.17, 15) is 17.2 Å². The van der Waals surface area contributed by atoms with E-state index in [1.807, 2.05) is 37.3 Å². The van der Waals surface area contributed by atoms with Crippen molar-refractivity contribution in [2.24, 2.45) is 0 Å². The van der Waals surface area contributed by atoms with Crippen LogP contribution in [0, 0.1) is 0 Å². The Hall–Kier alpha value is -2.50. The van der Waals surface area contributed by atoms with Gasteiger partial charge in [0.2, 0.25) is 0 Å². The first-order chi connectivity index (χ1) is 19.6. The van der Waals surface area contributed by atoms with Crippen molar-refractivity contribution in [2.45, 2.75) is 91.1 Å². The Morgan fingerprint density at radius 3 is 1.95 bits per heavy atom. The topological polar surface area (TPSA) is 82.1 Å². The number of rotatable bonds is 8. The molecule has 10 heteroatoms. The SMILES string of the molecule is CC(Oc1cccc([S+](c2ccc(C(C)(C)C)cc2)c2ccc(C3(C)OCCCCCO3)cc2)c1)C(F)(F)S(=O)(=O)O. The Labute approximate surface area is 250 Å². The summed E-state index contributed by atoms with van der Waals surface area (Å²) in [5, 5.41) is -4.47. The highest BCUT2D eigenvalue weighted by Gasteiger charge is 2.51. The molecule has 0 saturated carbocycles. The number of ether oxygens (including phenoxy) is 3. The predicted octanol–water partition coefficient (Wildman–Crippen LogP) is 7.72. The molecular weight excluding hydrogens is 582 g/mol. The third-order valence-corrected chi connectivity index (χ3v) is 10.5. The molecule has 0 radical (unpaired) electrons. The van der Waals surface area contributed by atoms with E-state index in [1.165, 1.54) is 11.6 Å². The molecule has 228 valence electrons. The van der Waals surface area contributed by atoms with Crippen molar-refractivity contribution >= 4 is 21.0 Å². The molecule has 0 aromatic heterocycles. The first-order valence-electron chi connectivity index (χ1n) is 14.0. The zero-order chi connectivity index (χ0) is 30.8. The van der Waals surface area contributed by atoms with E-state index in [0.29, 0.717) is 13.2 Å². The van der Waals surface area contributed by atoms with Crippen LogP contribution in [0.1, 0.15) is 65.0 Å². The number of benzene rings is 3. The second kappa shape index (κ2) is 12.6. The zero-order valence-corrected chi connectivity index (χ0v) is 26.2. The van der Waals surface area contributed by atoms with E-state index in [2.05, 4.69) is 45.0 Å². The van der Waals surface area contributed by atoms with Crippen LogP contribution in [-0.4, -0.2) is 37.5 Å². The highest BCUT2D eigenvalue weighted by molar-refractivity contribution is 7.97. The van der Waals surface area contributed by atoms with Gasteiger partial charge in [0.1, 0.15) is 5.75 Å². The lowest BCUT2D eigenvalue weighted by atomic mass is 9.87. The monoisotopic (exact) mass is 621 g/mol. The van der Waals surface area contributed by atoms with Crippen LogP contribution >= 0.6 is 0 Å². The van der Waals surface area contributed by atoms with Crippen molar-refractivity contribution in [3.8, 4) is 5.75 Å². The average Bonchev–Trinajstić information content (AvgIpc) is 2.91. The summed E-state index contributed by atoms with van der Waals surface area (Å²) in [6.45, 7) is 10.5. The summed E-state index contributed by atoms with van der Waals surface area (Å²) in [6, 6.07) is 23.0. The molecule has 0 amide bonds. The van der Waals surface area contributed by atoms with E-state index in [4.69, 9.17) is 18.8 Å². The minimum atomic E-state index is -5.65. The highest BCUT2D eigenvalue weighted by atomic mass is 32.2. The molecule has 0 bridgehead atoms. The Kier molecular flexibility index (Phi) is 9.74. The summed E-state index contributed by atoms with van der Waals surface area (Å²) < 4.78 is 77.5. The van der Waals surface area contributed by atoms with Crippen molar-refractivity contribution in [3.63, 3.8) is 0 Å². The van der Waals surface area contributed by atoms with Crippen LogP contribution in [0.3, 0.4) is 0 Å². The van der Waals surface area contributed by atoms with Gasteiger partial charge in [-0.25, -0.2) is 0 Å². The molecule has 1 heterocycles. The maximum absolute atomic E-state index is 14.2. The molecule has 1 saturated heterocycles. The van der Waals surface area contributed by atoms with Crippen LogP contribution in [0.5, 0.6) is 5.75 Å². The van der Waals surface area contributed by atoms with Crippen molar-refractivity contribution in [3.05, 3.63) is 83.9 Å². The van der Waals surface area contributed by atoms with Crippen molar-refractivity contribution in [2.75, 3.05) is 13.2 Å². The molecule has 6 nitrogen and oxygen atoms in total. The van der Waals surface area contributed by atoms with Crippen LogP contribution in [0.4, 0.5) is 8.78 Å². The molecule has 42 heavy (non-hydrogen) atoms. The summed E-state index contributed by atoms with van der Waals surface area (Å²) >= 11 is 0. The molecule has 1 aliphatic heterocycles. The van der Waals surface area contributed by atoms with E-state index >= 15 is 0 Å². The fourth-order valence-corrected chi connectivity index (χ4v) is 7.22. The number of halogens is 2. The van der Waals surface area contributed by atoms with Gasteiger partial charge < -0.3 is 14.2 Å². The van der Waals surface area contributed by atoms with Gasteiger partial charge in [0.05, 0.1) is 24.1 Å². The lowest BCUT2D eigenvalue weighted by molar-refractivity contribution is -0.241. The van der Waals surface area contributed by atoms with Gasteiger partial charge in [0.15, 0.2) is 26.6 Å². The van der Waals surface area contributed by atoms with Crippen LogP contribution in [0.25, 0.3) is 0 Å². The second-order valence-electron chi connectivity index (χ2n) is 11.6. The van der Waals surface area contributed by atoms with Crippen LogP contribution in [-0.2, 0) is 41.7 Å². The van der Waals surface area contributed by atoms with Gasteiger partial charge >= 0.3 is 15.4 Å². The maximum Gasteiger partial charge on any atom is 0.405 e. The van der Waals surface area contributed by atoms with Gasteiger partial charge in [-0.3, -0.25) is 4.55 Å². The molecule has 1 fully saturated rings. The molecule has 3 aromatic carbocycles. The lowest BCUT2D eigenvalue weighted by Crippen LogP contribution is -2.42. The first kappa shape index (κ1) is 32.4. The molecule has 4 rings (SSSR count). The summed E-state index contributed by atoms with van der Waals surface area (Å²) in [4.78, 5) is 2.77. The minimum absolute atomic E-state index is 0.0337. The highest BCUT2D eigenvalue weighted by Crippen LogP contribution is 2.37.